The maximum atomic E-state index is 12.9. The highest BCUT2D eigenvalue weighted by molar-refractivity contribution is 6.05. The van der Waals surface area contributed by atoms with Crippen molar-refractivity contribution in [3.8, 4) is 5.75 Å². The van der Waals surface area contributed by atoms with Crippen LogP contribution in [0.25, 0.3) is 10.8 Å². The summed E-state index contributed by atoms with van der Waals surface area (Å²) < 4.78 is 17.9. The zero-order valence-electron chi connectivity index (χ0n) is 21.7. The monoisotopic (exact) mass is 515 g/mol. The van der Waals surface area contributed by atoms with Gasteiger partial charge < -0.3 is 19.1 Å². The van der Waals surface area contributed by atoms with E-state index in [0.29, 0.717) is 16.9 Å². The second kappa shape index (κ2) is 11.2. The third-order valence-corrected chi connectivity index (χ3v) is 5.58. The first-order valence-electron chi connectivity index (χ1n) is 12.0. The summed E-state index contributed by atoms with van der Waals surface area (Å²) in [5, 5.41) is 1.74. The summed E-state index contributed by atoms with van der Waals surface area (Å²) in [6, 6.07) is 19.6. The third kappa shape index (κ3) is 6.56. The number of hydrogen-bond acceptors (Lipinski definition) is 7. The maximum absolute atomic E-state index is 12.9. The molecule has 0 aliphatic carbocycles. The fourth-order valence-corrected chi connectivity index (χ4v) is 3.74. The van der Waals surface area contributed by atoms with Crippen LogP contribution in [0.1, 0.15) is 42.8 Å². The fraction of sp³-hybridized carbons (Fsp3) is 0.241. The molecule has 4 rings (SSSR count). The highest BCUT2D eigenvalue weighted by atomic mass is 16.6. The summed E-state index contributed by atoms with van der Waals surface area (Å²) in [4.78, 5) is 43.3. The Morgan fingerprint density at radius 1 is 0.974 bits per heavy atom. The van der Waals surface area contributed by atoms with Crippen molar-refractivity contribution in [2.75, 3.05) is 13.6 Å². The van der Waals surface area contributed by atoms with E-state index in [-0.39, 0.29) is 6.54 Å². The molecule has 0 N–H and O–H groups in total. The van der Waals surface area contributed by atoms with E-state index in [0.717, 1.165) is 10.8 Å². The largest absolute Gasteiger partial charge is 0.444 e. The second-order valence-electron chi connectivity index (χ2n) is 9.69. The van der Waals surface area contributed by atoms with Gasteiger partial charge in [-0.25, -0.2) is 23.9 Å². The highest BCUT2D eigenvalue weighted by Gasteiger charge is 2.26. The molecule has 1 heterocycles. The van der Waals surface area contributed by atoms with Crippen LogP contribution in [0.2, 0.25) is 0 Å². The number of aromatic nitrogens is 2. The number of amides is 1. The second-order valence-corrected chi connectivity index (χ2v) is 9.69. The SMILES string of the molecule is CN(CC(OC(=O)n1ccnc1)c1ccc(OC(=O)c2cccc3ccccc23)cc1)C(=O)OC(C)(C)C. The summed E-state index contributed by atoms with van der Waals surface area (Å²) in [5.74, 6) is -0.158. The number of esters is 1. The lowest BCUT2D eigenvalue weighted by atomic mass is 10.0. The molecule has 9 heteroatoms. The molecule has 0 fully saturated rings. The van der Waals surface area contributed by atoms with Crippen molar-refractivity contribution in [2.45, 2.75) is 32.5 Å². The summed E-state index contributed by atoms with van der Waals surface area (Å²) in [6.07, 6.45) is 2.21. The molecule has 0 aliphatic heterocycles. The van der Waals surface area contributed by atoms with Crippen LogP contribution in [-0.2, 0) is 9.47 Å². The fourth-order valence-electron chi connectivity index (χ4n) is 3.74. The van der Waals surface area contributed by atoms with Crippen molar-refractivity contribution >= 4 is 28.9 Å². The van der Waals surface area contributed by atoms with E-state index in [2.05, 4.69) is 4.98 Å². The molecule has 9 nitrogen and oxygen atoms in total. The van der Waals surface area contributed by atoms with Crippen molar-refractivity contribution in [3.63, 3.8) is 0 Å². The van der Waals surface area contributed by atoms with E-state index in [1.165, 1.54) is 28.2 Å². The van der Waals surface area contributed by atoms with Gasteiger partial charge in [0.05, 0.1) is 12.1 Å². The van der Waals surface area contributed by atoms with Gasteiger partial charge >= 0.3 is 18.2 Å². The van der Waals surface area contributed by atoms with Gasteiger partial charge in [0.1, 0.15) is 23.8 Å². The molecule has 3 aromatic carbocycles. The Morgan fingerprint density at radius 3 is 2.37 bits per heavy atom. The van der Waals surface area contributed by atoms with E-state index in [1.807, 2.05) is 36.4 Å². The lowest BCUT2D eigenvalue weighted by Crippen LogP contribution is -2.37. The van der Waals surface area contributed by atoms with E-state index in [9.17, 15) is 14.4 Å². The number of hydrogen-bond donors (Lipinski definition) is 0. The number of nitrogens with zero attached hydrogens (tertiary/aromatic N) is 3. The van der Waals surface area contributed by atoms with Crippen molar-refractivity contribution in [1.82, 2.24) is 14.5 Å². The van der Waals surface area contributed by atoms with Gasteiger partial charge in [-0.05, 0) is 55.3 Å². The molecule has 1 aromatic heterocycles. The standard InChI is InChI=1S/C29H29N3O6/c1-29(2,3)38-27(34)31(4)18-25(37-28(35)32-17-16-30-19-32)21-12-14-22(15-13-21)36-26(33)24-11-7-9-20-8-5-6-10-23(20)24/h5-17,19,25H,18H2,1-4H3. The predicted molar refractivity (Wildman–Crippen MR) is 141 cm³/mol. The van der Waals surface area contributed by atoms with Crippen molar-refractivity contribution in [1.29, 1.82) is 0 Å². The first-order valence-corrected chi connectivity index (χ1v) is 12.0. The number of likely N-dealkylation sites (N-methyl/N-ethyl adjacent to an activating group) is 1. The van der Waals surface area contributed by atoms with Crippen molar-refractivity contribution in [2.24, 2.45) is 0 Å². The van der Waals surface area contributed by atoms with E-state index >= 15 is 0 Å². The average Bonchev–Trinajstić information content (AvgIpc) is 3.43. The van der Waals surface area contributed by atoms with Crippen molar-refractivity contribution < 1.29 is 28.6 Å². The smallest absolute Gasteiger partial charge is 0.419 e. The van der Waals surface area contributed by atoms with Gasteiger partial charge in [-0.3, -0.25) is 0 Å². The summed E-state index contributed by atoms with van der Waals surface area (Å²) in [6.45, 7) is 5.35. The minimum atomic E-state index is -0.828. The molecule has 0 spiro atoms. The Balaban J connectivity index is 1.52. The van der Waals surface area contributed by atoms with Gasteiger partial charge in [-0.2, -0.15) is 0 Å². The van der Waals surface area contributed by atoms with Crippen molar-refractivity contribution in [3.05, 3.63) is 96.6 Å². The number of rotatable bonds is 6. The van der Waals surface area contributed by atoms with Crippen LogP contribution in [0, 0.1) is 0 Å². The van der Waals surface area contributed by atoms with Crippen LogP contribution < -0.4 is 4.74 Å². The minimum absolute atomic E-state index is 0.0322. The molecule has 0 bridgehead atoms. The molecule has 1 atom stereocenters. The highest BCUT2D eigenvalue weighted by Crippen LogP contribution is 2.25. The third-order valence-electron chi connectivity index (χ3n) is 5.58. The summed E-state index contributed by atoms with van der Waals surface area (Å²) in [7, 11) is 1.56. The summed E-state index contributed by atoms with van der Waals surface area (Å²) in [5.41, 5.74) is 0.376. The Hall–Kier alpha value is -4.66. The molecule has 1 amide bonds. The van der Waals surface area contributed by atoms with Crippen LogP contribution in [0.5, 0.6) is 5.75 Å². The van der Waals surface area contributed by atoms with Gasteiger partial charge in [0.2, 0.25) is 0 Å². The zero-order chi connectivity index (χ0) is 27.3. The molecule has 0 saturated heterocycles. The number of ether oxygens (including phenoxy) is 3. The van der Waals surface area contributed by atoms with Gasteiger partial charge in [0, 0.05) is 19.4 Å². The molecule has 196 valence electrons. The predicted octanol–water partition coefficient (Wildman–Crippen LogP) is 5.85. The molecule has 1 unspecified atom stereocenters. The van der Waals surface area contributed by atoms with Crippen LogP contribution in [0.4, 0.5) is 9.59 Å². The normalized spacial score (nSPS) is 12.0. The summed E-state index contributed by atoms with van der Waals surface area (Å²) >= 11 is 0. The number of carbonyl (C=O) groups excluding carboxylic acids is 3. The Kier molecular flexibility index (Phi) is 7.76. The van der Waals surface area contributed by atoms with E-state index < -0.39 is 29.9 Å². The Bertz CT molecular complexity index is 1420. The van der Waals surface area contributed by atoms with Gasteiger partial charge in [0.25, 0.3) is 0 Å². The van der Waals surface area contributed by atoms with Gasteiger partial charge in [-0.15, -0.1) is 0 Å². The number of imidazole rings is 1. The number of benzene rings is 3. The van der Waals surface area contributed by atoms with Crippen LogP contribution >= 0.6 is 0 Å². The topological polar surface area (TPSA) is 100.0 Å². The number of fused-ring (bicyclic) bond motifs is 1. The molecule has 0 radical (unpaired) electrons. The first kappa shape index (κ1) is 26.4. The number of carbonyl (C=O) groups is 3. The molecular formula is C29H29N3O6. The quantitative estimate of drug-likeness (QED) is 0.235. The minimum Gasteiger partial charge on any atom is -0.444 e. The van der Waals surface area contributed by atoms with Gasteiger partial charge in [0.15, 0.2) is 0 Å². The maximum Gasteiger partial charge on any atom is 0.419 e. The molecule has 38 heavy (non-hydrogen) atoms. The van der Waals surface area contributed by atoms with Crippen LogP contribution in [-0.4, -0.2) is 51.8 Å². The Morgan fingerprint density at radius 2 is 1.68 bits per heavy atom. The Labute approximate surface area is 220 Å². The molecular weight excluding hydrogens is 486 g/mol. The lowest BCUT2D eigenvalue weighted by molar-refractivity contribution is 0.0171. The van der Waals surface area contributed by atoms with Gasteiger partial charge in [-0.1, -0.05) is 48.5 Å². The van der Waals surface area contributed by atoms with Crippen LogP contribution in [0.15, 0.2) is 85.5 Å². The molecule has 4 aromatic rings. The van der Waals surface area contributed by atoms with Crippen LogP contribution in [0.3, 0.4) is 0 Å². The van der Waals surface area contributed by atoms with E-state index in [1.54, 1.807) is 58.2 Å². The first-order chi connectivity index (χ1) is 18.1. The molecule has 0 aliphatic rings. The zero-order valence-corrected chi connectivity index (χ0v) is 21.7. The van der Waals surface area contributed by atoms with E-state index in [4.69, 9.17) is 14.2 Å². The lowest BCUT2D eigenvalue weighted by Gasteiger charge is -2.27. The average molecular weight is 516 g/mol. The molecule has 0 saturated carbocycles.